The van der Waals surface area contributed by atoms with Crippen LogP contribution in [0.4, 0.5) is 11.5 Å². The van der Waals surface area contributed by atoms with Crippen molar-refractivity contribution in [1.82, 2.24) is 14.5 Å². The number of benzene rings is 3. The van der Waals surface area contributed by atoms with E-state index >= 15 is 0 Å². The van der Waals surface area contributed by atoms with Crippen molar-refractivity contribution in [3.05, 3.63) is 103 Å². The second-order valence-corrected chi connectivity index (χ2v) is 9.17. The molecule has 5 aromatic rings. The minimum atomic E-state index is -0.408. The Morgan fingerprint density at radius 2 is 1.51 bits per heavy atom. The summed E-state index contributed by atoms with van der Waals surface area (Å²) in [6, 6.07) is 31.1. The van der Waals surface area contributed by atoms with Crippen molar-refractivity contribution < 1.29 is 0 Å². The lowest BCUT2D eigenvalue weighted by atomic mass is 9.93. The van der Waals surface area contributed by atoms with Crippen LogP contribution in [0.5, 0.6) is 0 Å². The topological polar surface area (TPSA) is 68.8 Å². The van der Waals surface area contributed by atoms with Gasteiger partial charge in [0.1, 0.15) is 5.82 Å². The molecule has 0 saturated heterocycles. The molecular weight excluding hydrogens is 454 g/mol. The lowest BCUT2D eigenvalue weighted by molar-refractivity contribution is 0.554. The molecular formula is C29H26ClN5. The van der Waals surface area contributed by atoms with E-state index in [2.05, 4.69) is 81.6 Å². The molecule has 174 valence electrons. The number of hydrogen-bond acceptors (Lipinski definition) is 4. The van der Waals surface area contributed by atoms with Gasteiger partial charge in [0, 0.05) is 28.4 Å². The van der Waals surface area contributed by atoms with Crippen molar-refractivity contribution in [2.24, 2.45) is 5.73 Å². The third kappa shape index (κ3) is 3.89. The van der Waals surface area contributed by atoms with E-state index in [1.54, 1.807) is 0 Å². The first-order chi connectivity index (χ1) is 16.5. The van der Waals surface area contributed by atoms with Gasteiger partial charge in [0.2, 0.25) is 0 Å². The van der Waals surface area contributed by atoms with E-state index in [1.807, 2.05) is 44.3 Å². The van der Waals surface area contributed by atoms with Gasteiger partial charge in [-0.25, -0.2) is 9.97 Å². The number of imidazole rings is 1. The normalized spacial score (nSPS) is 11.9. The van der Waals surface area contributed by atoms with E-state index in [-0.39, 0.29) is 12.4 Å². The monoisotopic (exact) mass is 479 g/mol. The summed E-state index contributed by atoms with van der Waals surface area (Å²) in [5.41, 5.74) is 14.1. The number of pyridine rings is 1. The van der Waals surface area contributed by atoms with Crippen molar-refractivity contribution in [1.29, 1.82) is 0 Å². The zero-order valence-electron chi connectivity index (χ0n) is 19.6. The number of nitrogens with zero attached hydrogens (tertiary/aromatic N) is 3. The number of hydrogen-bond donors (Lipinski definition) is 2. The summed E-state index contributed by atoms with van der Waals surface area (Å²) in [5, 5.41) is 3.51. The van der Waals surface area contributed by atoms with Gasteiger partial charge in [-0.15, -0.1) is 12.4 Å². The van der Waals surface area contributed by atoms with Gasteiger partial charge in [-0.3, -0.25) is 4.57 Å². The van der Waals surface area contributed by atoms with Crippen molar-refractivity contribution in [2.45, 2.75) is 19.4 Å². The third-order valence-corrected chi connectivity index (χ3v) is 6.28. The number of fused-ring (bicyclic) bond motifs is 5. The van der Waals surface area contributed by atoms with Crippen molar-refractivity contribution in [3.63, 3.8) is 0 Å². The van der Waals surface area contributed by atoms with Crippen LogP contribution in [0.2, 0.25) is 0 Å². The smallest absolute Gasteiger partial charge is 0.154 e. The molecule has 0 fully saturated rings. The largest absolute Gasteiger partial charge is 0.338 e. The highest BCUT2D eigenvalue weighted by atomic mass is 35.5. The SMILES string of the molecule is CC(C)(N)c1ccc(-c2c(-c3ccccc3)nc3n2-c2cccnc2Nc2ccccc2-3)cc1.Cl. The van der Waals surface area contributed by atoms with Crippen LogP contribution in [0.3, 0.4) is 0 Å². The first-order valence-corrected chi connectivity index (χ1v) is 11.4. The molecule has 5 nitrogen and oxygen atoms in total. The van der Waals surface area contributed by atoms with Gasteiger partial charge in [0.05, 0.1) is 22.8 Å². The van der Waals surface area contributed by atoms with E-state index in [4.69, 9.17) is 10.7 Å². The Balaban J connectivity index is 0.00000253. The van der Waals surface area contributed by atoms with Crippen LogP contribution in [0.25, 0.3) is 39.6 Å². The molecule has 3 aromatic carbocycles. The first kappa shape index (κ1) is 22.8. The number of rotatable bonds is 3. The summed E-state index contributed by atoms with van der Waals surface area (Å²) in [6.45, 7) is 4.04. The molecule has 0 aliphatic carbocycles. The Morgan fingerprint density at radius 1 is 0.800 bits per heavy atom. The second-order valence-electron chi connectivity index (χ2n) is 9.17. The van der Waals surface area contributed by atoms with Crippen LogP contribution >= 0.6 is 12.4 Å². The summed E-state index contributed by atoms with van der Waals surface area (Å²) < 4.78 is 2.23. The van der Waals surface area contributed by atoms with Gasteiger partial charge in [-0.05, 0) is 43.7 Å². The Morgan fingerprint density at radius 3 is 2.26 bits per heavy atom. The molecule has 0 unspecified atom stereocenters. The summed E-state index contributed by atoms with van der Waals surface area (Å²) in [4.78, 5) is 9.90. The Kier molecular flexibility index (Phi) is 5.67. The Labute approximate surface area is 211 Å². The van der Waals surface area contributed by atoms with E-state index < -0.39 is 5.54 Å². The fraction of sp³-hybridized carbons (Fsp3) is 0.103. The molecule has 0 amide bonds. The number of aromatic nitrogens is 3. The molecule has 0 radical (unpaired) electrons. The van der Waals surface area contributed by atoms with Gasteiger partial charge in [0.15, 0.2) is 5.82 Å². The molecule has 6 heteroatoms. The second kappa shape index (κ2) is 8.69. The fourth-order valence-corrected chi connectivity index (χ4v) is 4.54. The summed E-state index contributed by atoms with van der Waals surface area (Å²) in [7, 11) is 0. The Bertz CT molecular complexity index is 1500. The van der Waals surface area contributed by atoms with Crippen LogP contribution in [-0.4, -0.2) is 14.5 Å². The van der Waals surface area contributed by atoms with E-state index in [1.165, 1.54) is 0 Å². The quantitative estimate of drug-likeness (QED) is 0.288. The van der Waals surface area contributed by atoms with Gasteiger partial charge in [0.25, 0.3) is 0 Å². The minimum absolute atomic E-state index is 0. The average Bonchev–Trinajstić information content (AvgIpc) is 3.19. The highest BCUT2D eigenvalue weighted by Crippen LogP contribution is 2.44. The predicted molar refractivity (Wildman–Crippen MR) is 145 cm³/mol. The molecule has 35 heavy (non-hydrogen) atoms. The van der Waals surface area contributed by atoms with E-state index in [9.17, 15) is 0 Å². The molecule has 0 bridgehead atoms. The zero-order valence-corrected chi connectivity index (χ0v) is 20.4. The van der Waals surface area contributed by atoms with Crippen molar-refractivity contribution in [2.75, 3.05) is 5.32 Å². The third-order valence-electron chi connectivity index (χ3n) is 6.28. The predicted octanol–water partition coefficient (Wildman–Crippen LogP) is 6.94. The van der Waals surface area contributed by atoms with Gasteiger partial charge in [-0.2, -0.15) is 0 Å². The van der Waals surface area contributed by atoms with Gasteiger partial charge >= 0.3 is 0 Å². The number of halogens is 1. The number of para-hydroxylation sites is 1. The van der Waals surface area contributed by atoms with Crippen LogP contribution < -0.4 is 11.1 Å². The molecule has 0 saturated carbocycles. The summed E-state index contributed by atoms with van der Waals surface area (Å²) in [5.74, 6) is 1.68. The summed E-state index contributed by atoms with van der Waals surface area (Å²) in [6.07, 6.45) is 1.81. The molecule has 3 N–H and O–H groups in total. The molecule has 0 atom stereocenters. The minimum Gasteiger partial charge on any atom is -0.338 e. The lowest BCUT2D eigenvalue weighted by Gasteiger charge is -2.20. The van der Waals surface area contributed by atoms with Crippen molar-refractivity contribution in [3.8, 4) is 39.6 Å². The molecule has 6 rings (SSSR count). The van der Waals surface area contributed by atoms with E-state index in [0.29, 0.717) is 0 Å². The van der Waals surface area contributed by atoms with Gasteiger partial charge in [-0.1, -0.05) is 66.7 Å². The van der Waals surface area contributed by atoms with E-state index in [0.717, 1.165) is 56.7 Å². The van der Waals surface area contributed by atoms with Crippen molar-refractivity contribution >= 4 is 23.9 Å². The lowest BCUT2D eigenvalue weighted by Crippen LogP contribution is -2.28. The first-order valence-electron chi connectivity index (χ1n) is 11.4. The fourth-order valence-electron chi connectivity index (χ4n) is 4.54. The van der Waals surface area contributed by atoms with Crippen LogP contribution in [-0.2, 0) is 5.54 Å². The maximum atomic E-state index is 6.36. The molecule has 2 aromatic heterocycles. The number of nitrogens with two attached hydrogens (primary N) is 1. The van der Waals surface area contributed by atoms with Crippen LogP contribution in [0.15, 0.2) is 97.2 Å². The maximum Gasteiger partial charge on any atom is 0.154 e. The van der Waals surface area contributed by atoms with Crippen LogP contribution in [0, 0.1) is 0 Å². The Hall–Kier alpha value is -3.93. The van der Waals surface area contributed by atoms with Gasteiger partial charge < -0.3 is 11.1 Å². The zero-order chi connectivity index (χ0) is 23.3. The molecule has 0 spiro atoms. The average molecular weight is 480 g/mol. The highest BCUT2D eigenvalue weighted by molar-refractivity contribution is 5.90. The summed E-state index contributed by atoms with van der Waals surface area (Å²) >= 11 is 0. The standard InChI is InChI=1S/C29H25N5.ClH/c1-29(2,30)21-16-14-20(15-17-21)26-25(19-9-4-3-5-10-19)33-28-22-11-6-7-12-23(22)32-27-24(34(26)28)13-8-18-31-27;/h3-18H,30H2,1-2H3,(H,31,32);1H. The maximum absolute atomic E-state index is 6.36. The number of nitrogens with one attached hydrogen (secondary N) is 1. The number of anilines is 2. The van der Waals surface area contributed by atoms with Crippen LogP contribution in [0.1, 0.15) is 19.4 Å². The molecule has 1 aliphatic rings. The highest BCUT2D eigenvalue weighted by Gasteiger charge is 2.28. The molecule has 3 heterocycles. The molecule has 1 aliphatic heterocycles.